The molecule has 0 bridgehead atoms. The lowest BCUT2D eigenvalue weighted by atomic mass is 10.1. The first-order chi connectivity index (χ1) is 7.04. The van der Waals surface area contributed by atoms with Gasteiger partial charge in [-0.05, 0) is 13.0 Å². The average molecular weight is 228 g/mol. The molecular weight excluding hydrogens is 216 g/mol. The molecule has 0 amide bonds. The zero-order valence-corrected chi connectivity index (χ0v) is 9.37. The van der Waals surface area contributed by atoms with Crippen LogP contribution in [0.5, 0.6) is 0 Å². The van der Waals surface area contributed by atoms with Crippen molar-refractivity contribution in [3.8, 4) is 0 Å². The van der Waals surface area contributed by atoms with Gasteiger partial charge in [-0.1, -0.05) is 17.7 Å². The standard InChI is InChI=1S/C10H12O4S/c1-7-3-4-10(15(11,12)13-2)8(5-7)9-6-14-9/h3-5,9H,6H2,1-2H3/t9-/m1/s1. The number of aryl methyl sites for hydroxylation is 1. The van der Waals surface area contributed by atoms with E-state index in [1.165, 1.54) is 0 Å². The molecule has 1 atom stereocenters. The van der Waals surface area contributed by atoms with Crippen molar-refractivity contribution in [1.29, 1.82) is 0 Å². The third-order valence-corrected chi connectivity index (χ3v) is 3.68. The molecule has 1 aromatic rings. The highest BCUT2D eigenvalue weighted by Crippen LogP contribution is 2.35. The summed E-state index contributed by atoms with van der Waals surface area (Å²) in [5, 5.41) is 0. The Bertz CT molecular complexity index is 474. The van der Waals surface area contributed by atoms with Crippen LogP contribution >= 0.6 is 0 Å². The third kappa shape index (κ3) is 2.04. The fourth-order valence-corrected chi connectivity index (χ4v) is 2.36. The Hall–Kier alpha value is -0.910. The van der Waals surface area contributed by atoms with E-state index in [2.05, 4.69) is 4.18 Å². The van der Waals surface area contributed by atoms with Gasteiger partial charge in [0.25, 0.3) is 10.1 Å². The van der Waals surface area contributed by atoms with Gasteiger partial charge >= 0.3 is 0 Å². The molecular formula is C10H12O4S. The van der Waals surface area contributed by atoms with Crippen molar-refractivity contribution in [1.82, 2.24) is 0 Å². The van der Waals surface area contributed by atoms with Crippen LogP contribution in [0, 0.1) is 6.92 Å². The largest absolute Gasteiger partial charge is 0.368 e. The first-order valence-electron chi connectivity index (χ1n) is 4.57. The summed E-state index contributed by atoms with van der Waals surface area (Å²) in [4.78, 5) is 0.207. The molecule has 1 heterocycles. The lowest BCUT2D eigenvalue weighted by molar-refractivity contribution is 0.390. The molecule has 0 aliphatic carbocycles. The minimum Gasteiger partial charge on any atom is -0.368 e. The first-order valence-corrected chi connectivity index (χ1v) is 5.98. The summed E-state index contributed by atoms with van der Waals surface area (Å²) >= 11 is 0. The summed E-state index contributed by atoms with van der Waals surface area (Å²) in [6.07, 6.45) is -0.0928. The van der Waals surface area contributed by atoms with Crippen LogP contribution < -0.4 is 0 Å². The van der Waals surface area contributed by atoms with Gasteiger partial charge in [0.1, 0.15) is 6.10 Å². The van der Waals surface area contributed by atoms with E-state index in [4.69, 9.17) is 4.74 Å². The second-order valence-corrected chi connectivity index (χ2v) is 5.17. The minimum absolute atomic E-state index is 0.0928. The third-order valence-electron chi connectivity index (χ3n) is 2.33. The molecule has 0 N–H and O–H groups in total. The predicted molar refractivity (Wildman–Crippen MR) is 54.1 cm³/mol. The van der Waals surface area contributed by atoms with E-state index in [1.807, 2.05) is 13.0 Å². The normalized spacial score (nSPS) is 20.3. The number of hydrogen-bond acceptors (Lipinski definition) is 4. The number of hydrogen-bond donors (Lipinski definition) is 0. The molecule has 0 aromatic heterocycles. The molecule has 1 aromatic carbocycles. The van der Waals surface area contributed by atoms with Gasteiger partial charge in [0, 0.05) is 5.56 Å². The van der Waals surface area contributed by atoms with Crippen molar-refractivity contribution in [3.05, 3.63) is 29.3 Å². The highest BCUT2D eigenvalue weighted by molar-refractivity contribution is 7.86. The van der Waals surface area contributed by atoms with Gasteiger partial charge in [-0.15, -0.1) is 0 Å². The molecule has 5 heteroatoms. The highest BCUT2D eigenvalue weighted by atomic mass is 32.2. The molecule has 0 unspecified atom stereocenters. The Balaban J connectivity index is 2.55. The molecule has 1 aliphatic heterocycles. The quantitative estimate of drug-likeness (QED) is 0.579. The molecule has 0 radical (unpaired) electrons. The molecule has 4 nitrogen and oxygen atoms in total. The van der Waals surface area contributed by atoms with Gasteiger partial charge in [0.2, 0.25) is 0 Å². The fourth-order valence-electron chi connectivity index (χ4n) is 1.46. The topological polar surface area (TPSA) is 55.9 Å². The van der Waals surface area contributed by atoms with Gasteiger partial charge in [-0.2, -0.15) is 8.42 Å². The van der Waals surface area contributed by atoms with Crippen molar-refractivity contribution in [2.45, 2.75) is 17.9 Å². The minimum atomic E-state index is -3.63. The predicted octanol–water partition coefficient (Wildman–Crippen LogP) is 1.40. The molecule has 1 fully saturated rings. The van der Waals surface area contributed by atoms with E-state index in [-0.39, 0.29) is 11.0 Å². The molecule has 82 valence electrons. The molecule has 0 saturated carbocycles. The number of epoxide rings is 1. The van der Waals surface area contributed by atoms with Gasteiger partial charge in [0.15, 0.2) is 0 Å². The highest BCUT2D eigenvalue weighted by Gasteiger charge is 2.31. The van der Waals surface area contributed by atoms with Crippen molar-refractivity contribution in [3.63, 3.8) is 0 Å². The Labute approximate surface area is 88.9 Å². The summed E-state index contributed by atoms with van der Waals surface area (Å²) in [6, 6.07) is 5.13. The van der Waals surface area contributed by atoms with Crippen molar-refractivity contribution < 1.29 is 17.3 Å². The maximum atomic E-state index is 11.6. The summed E-state index contributed by atoms with van der Waals surface area (Å²) in [5.41, 5.74) is 1.70. The maximum absolute atomic E-state index is 11.6. The Kier molecular flexibility index (Phi) is 2.54. The first kappa shape index (κ1) is 10.6. The van der Waals surface area contributed by atoms with E-state index < -0.39 is 10.1 Å². The number of rotatable bonds is 3. The second-order valence-electron chi connectivity index (χ2n) is 3.48. The smallest absolute Gasteiger partial charge is 0.297 e. The van der Waals surface area contributed by atoms with Crippen LogP contribution in [-0.2, 0) is 19.0 Å². The van der Waals surface area contributed by atoms with Crippen LogP contribution in [0.4, 0.5) is 0 Å². The average Bonchev–Trinajstić information content (AvgIpc) is 3.00. The molecule has 15 heavy (non-hydrogen) atoms. The van der Waals surface area contributed by atoms with Crippen molar-refractivity contribution in [2.24, 2.45) is 0 Å². The van der Waals surface area contributed by atoms with Gasteiger partial charge < -0.3 is 4.74 Å². The Morgan fingerprint density at radius 1 is 1.47 bits per heavy atom. The van der Waals surface area contributed by atoms with E-state index in [1.54, 1.807) is 12.1 Å². The molecule has 1 saturated heterocycles. The van der Waals surface area contributed by atoms with Crippen LogP contribution in [0.25, 0.3) is 0 Å². The fraction of sp³-hybridized carbons (Fsp3) is 0.400. The van der Waals surface area contributed by atoms with E-state index in [0.29, 0.717) is 12.2 Å². The lowest BCUT2D eigenvalue weighted by Crippen LogP contribution is -2.06. The summed E-state index contributed by atoms with van der Waals surface area (Å²) in [5.74, 6) is 0. The lowest BCUT2D eigenvalue weighted by Gasteiger charge is -2.07. The monoisotopic (exact) mass is 228 g/mol. The zero-order valence-electron chi connectivity index (χ0n) is 8.56. The van der Waals surface area contributed by atoms with Gasteiger partial charge in [0.05, 0.1) is 18.6 Å². The number of ether oxygens (including phenoxy) is 1. The SMILES string of the molecule is COS(=O)(=O)c1ccc(C)cc1[C@H]1CO1. The molecule has 2 rings (SSSR count). The second kappa shape index (κ2) is 3.59. The van der Waals surface area contributed by atoms with Gasteiger partial charge in [-0.3, -0.25) is 4.18 Å². The Morgan fingerprint density at radius 3 is 2.67 bits per heavy atom. The maximum Gasteiger partial charge on any atom is 0.297 e. The van der Waals surface area contributed by atoms with Crippen LogP contribution in [0.2, 0.25) is 0 Å². The van der Waals surface area contributed by atoms with Gasteiger partial charge in [-0.25, -0.2) is 0 Å². The van der Waals surface area contributed by atoms with Crippen LogP contribution in [0.15, 0.2) is 23.1 Å². The van der Waals surface area contributed by atoms with E-state index in [0.717, 1.165) is 12.7 Å². The van der Waals surface area contributed by atoms with Crippen molar-refractivity contribution in [2.75, 3.05) is 13.7 Å². The summed E-state index contributed by atoms with van der Waals surface area (Å²) in [7, 11) is -2.47. The van der Waals surface area contributed by atoms with Crippen LogP contribution in [0.1, 0.15) is 17.2 Å². The zero-order chi connectivity index (χ0) is 11.1. The van der Waals surface area contributed by atoms with Crippen molar-refractivity contribution >= 4 is 10.1 Å². The van der Waals surface area contributed by atoms with E-state index >= 15 is 0 Å². The Morgan fingerprint density at radius 2 is 2.13 bits per heavy atom. The number of benzene rings is 1. The van der Waals surface area contributed by atoms with E-state index in [9.17, 15) is 8.42 Å². The summed E-state index contributed by atoms with van der Waals surface area (Å²) < 4.78 is 32.8. The van der Waals surface area contributed by atoms with Crippen LogP contribution in [0.3, 0.4) is 0 Å². The molecule has 1 aliphatic rings. The molecule has 0 spiro atoms. The van der Waals surface area contributed by atoms with Crippen LogP contribution in [-0.4, -0.2) is 22.1 Å². The summed E-state index contributed by atoms with van der Waals surface area (Å²) in [6.45, 7) is 2.49.